The van der Waals surface area contributed by atoms with E-state index in [2.05, 4.69) is 22.6 Å². The van der Waals surface area contributed by atoms with E-state index in [4.69, 9.17) is 14.6 Å². The predicted molar refractivity (Wildman–Crippen MR) is 71.2 cm³/mol. The van der Waals surface area contributed by atoms with E-state index in [9.17, 15) is 4.79 Å². The Morgan fingerprint density at radius 1 is 1.37 bits per heavy atom. The van der Waals surface area contributed by atoms with Crippen molar-refractivity contribution in [2.45, 2.75) is 36.9 Å². The van der Waals surface area contributed by atoms with Crippen LogP contribution in [-0.4, -0.2) is 82.2 Å². The van der Waals surface area contributed by atoms with Gasteiger partial charge in [-0.25, -0.2) is 0 Å². The van der Waals surface area contributed by atoms with Crippen molar-refractivity contribution in [1.82, 2.24) is 9.80 Å². The molecule has 1 unspecified atom stereocenters. The van der Waals surface area contributed by atoms with Gasteiger partial charge in [0.25, 0.3) is 6.47 Å². The minimum absolute atomic E-state index is 0.141. The van der Waals surface area contributed by atoms with Crippen molar-refractivity contribution < 1.29 is 19.4 Å². The summed E-state index contributed by atoms with van der Waals surface area (Å²) in [6, 6.07) is 0.689. The topological polar surface area (TPSA) is 70.1 Å². The molecule has 0 bridgehead atoms. The van der Waals surface area contributed by atoms with Gasteiger partial charge < -0.3 is 5.11 Å². The molecule has 104 valence electrons. The maximum atomic E-state index is 11.5. The molecular formula is C12H21LiN2O4. The summed E-state index contributed by atoms with van der Waals surface area (Å²) in [5, 5.41) is 6.89. The maximum absolute atomic E-state index is 11.5. The van der Waals surface area contributed by atoms with Gasteiger partial charge in [-0.15, -0.1) is 0 Å². The van der Waals surface area contributed by atoms with E-state index in [1.807, 2.05) is 11.8 Å². The summed E-state index contributed by atoms with van der Waals surface area (Å²) in [7, 11) is 0. The summed E-state index contributed by atoms with van der Waals surface area (Å²) in [6.07, 6.45) is 3.39. The van der Waals surface area contributed by atoms with Crippen LogP contribution < -0.4 is 0 Å². The van der Waals surface area contributed by atoms with Crippen LogP contribution in [0, 0.1) is 0 Å². The zero-order valence-electron chi connectivity index (χ0n) is 11.7. The van der Waals surface area contributed by atoms with E-state index >= 15 is 0 Å². The molecule has 1 amide bonds. The fraction of sp³-hybridized carbons (Fsp3) is 0.833. The summed E-state index contributed by atoms with van der Waals surface area (Å²) in [4.78, 5) is 24.3. The van der Waals surface area contributed by atoms with Crippen molar-refractivity contribution >= 4 is 30.3 Å². The van der Waals surface area contributed by atoms with Crippen LogP contribution in [0.3, 0.4) is 0 Å². The molecule has 0 radical (unpaired) electrons. The van der Waals surface area contributed by atoms with Crippen LogP contribution in [0.5, 0.6) is 0 Å². The second-order valence-electron chi connectivity index (χ2n) is 4.90. The number of amides is 1. The number of likely N-dealkylation sites (tertiary alicyclic amines) is 2. The number of rotatable bonds is 2. The second kappa shape index (κ2) is 8.46. The van der Waals surface area contributed by atoms with Crippen molar-refractivity contribution in [3.05, 3.63) is 0 Å². The molecular weight excluding hydrogens is 243 g/mol. The van der Waals surface area contributed by atoms with Gasteiger partial charge in [-0.2, -0.15) is 0 Å². The molecule has 0 spiro atoms. The van der Waals surface area contributed by atoms with Crippen molar-refractivity contribution in [2.24, 2.45) is 0 Å². The monoisotopic (exact) mass is 264 g/mol. The second-order valence-corrected chi connectivity index (χ2v) is 4.90. The molecule has 6 nitrogen and oxygen atoms in total. The number of hydrogen-bond donors (Lipinski definition) is 1. The van der Waals surface area contributed by atoms with E-state index in [-0.39, 0.29) is 12.6 Å². The van der Waals surface area contributed by atoms with Gasteiger partial charge in [-0.3, -0.25) is 4.79 Å². The Labute approximate surface area is 123 Å². The molecule has 0 aromatic heterocycles. The summed E-state index contributed by atoms with van der Waals surface area (Å²) in [5.74, 6) is 0. The predicted octanol–water partition coefficient (Wildman–Crippen LogP) is 0.508. The van der Waals surface area contributed by atoms with E-state index in [0.29, 0.717) is 12.6 Å². The van der Waals surface area contributed by atoms with Gasteiger partial charge in [-0.05, 0) is 0 Å². The summed E-state index contributed by atoms with van der Waals surface area (Å²) in [5.41, 5.74) is 0. The molecule has 2 rings (SSSR count). The molecule has 2 heterocycles. The summed E-state index contributed by atoms with van der Waals surface area (Å²) in [6.45, 7) is 5.03. The Balaban J connectivity index is 0.000000550. The number of piperidine rings is 1. The van der Waals surface area contributed by atoms with Gasteiger partial charge in [0, 0.05) is 0 Å². The fourth-order valence-corrected chi connectivity index (χ4v) is 2.67. The Morgan fingerprint density at radius 2 is 1.95 bits per heavy atom. The Hall–Kier alpha value is -0.703. The molecule has 2 saturated heterocycles. The van der Waals surface area contributed by atoms with Gasteiger partial charge in [0.05, 0.1) is 0 Å². The van der Waals surface area contributed by atoms with Crippen molar-refractivity contribution in [3.63, 3.8) is 0 Å². The molecule has 0 aromatic rings. The molecule has 1 atom stereocenters. The molecule has 1 N–H and O–H groups in total. The van der Waals surface area contributed by atoms with Crippen LogP contribution in [0.25, 0.3) is 0 Å². The van der Waals surface area contributed by atoms with Gasteiger partial charge in [0.2, 0.25) is 0 Å². The van der Waals surface area contributed by atoms with Crippen LogP contribution in [0.2, 0.25) is 0 Å². The summed E-state index contributed by atoms with van der Waals surface area (Å²) < 4.78 is 5.76. The zero-order chi connectivity index (χ0) is 14.3. The molecule has 0 aromatic carbocycles. The van der Waals surface area contributed by atoms with Crippen LogP contribution in [0.1, 0.15) is 26.2 Å². The third kappa shape index (κ3) is 4.72. The van der Waals surface area contributed by atoms with Crippen molar-refractivity contribution in [3.8, 4) is 0 Å². The quantitative estimate of drug-likeness (QED) is 0.581. The van der Waals surface area contributed by atoms with Gasteiger partial charge >= 0.3 is 106 Å². The number of carbonyl (C=O) groups is 2. The molecule has 0 aliphatic carbocycles. The number of hydrogen-bond acceptors (Lipinski definition) is 4. The van der Waals surface area contributed by atoms with Gasteiger partial charge in [-0.1, -0.05) is 0 Å². The fourth-order valence-electron chi connectivity index (χ4n) is 2.67. The SMILES string of the molecule is O=CO.[Li][CH]1CCN1C1CCN(C(=O)OCC)CC1. The van der Waals surface area contributed by atoms with Gasteiger partial charge in [0.1, 0.15) is 0 Å². The van der Waals surface area contributed by atoms with E-state index in [1.54, 1.807) is 0 Å². The molecule has 19 heavy (non-hydrogen) atoms. The van der Waals surface area contributed by atoms with E-state index in [1.165, 1.54) is 13.0 Å². The number of carboxylic acid groups (broad SMARTS) is 1. The van der Waals surface area contributed by atoms with E-state index in [0.717, 1.165) is 30.6 Å². The van der Waals surface area contributed by atoms with Crippen LogP contribution in [0.15, 0.2) is 0 Å². The van der Waals surface area contributed by atoms with Crippen molar-refractivity contribution in [2.75, 3.05) is 26.2 Å². The standard InChI is InChI=1S/C11H19N2O2.CH2O2.Li/c1-2-15-11(14)13-8-4-10(5-9-13)12-6-3-7-12;2-1-3;/h6,10H,2-5,7-9H2,1H3;1H,(H,2,3);. The van der Waals surface area contributed by atoms with Crippen molar-refractivity contribution in [1.29, 1.82) is 0 Å². The minimum atomic E-state index is -0.250. The average Bonchev–Trinajstić information content (AvgIpc) is 2.39. The molecule has 2 fully saturated rings. The normalized spacial score (nSPS) is 23.9. The first kappa shape index (κ1) is 16.4. The van der Waals surface area contributed by atoms with Crippen LogP contribution in [0.4, 0.5) is 4.79 Å². The molecule has 7 heteroatoms. The van der Waals surface area contributed by atoms with E-state index < -0.39 is 0 Å². The van der Waals surface area contributed by atoms with Crippen LogP contribution in [-0.2, 0) is 9.53 Å². The third-order valence-electron chi connectivity index (χ3n) is 3.83. The zero-order valence-corrected chi connectivity index (χ0v) is 11.7. The first-order chi connectivity index (χ1) is 9.13. The Morgan fingerprint density at radius 3 is 2.32 bits per heavy atom. The number of carbonyl (C=O) groups excluding carboxylic acids is 1. The third-order valence-corrected chi connectivity index (χ3v) is 3.83. The van der Waals surface area contributed by atoms with Gasteiger partial charge in [0.15, 0.2) is 0 Å². The van der Waals surface area contributed by atoms with Crippen LogP contribution >= 0.6 is 0 Å². The molecule has 2 aliphatic heterocycles. The first-order valence-electron chi connectivity index (χ1n) is 6.89. The Kier molecular flexibility index (Phi) is 7.28. The average molecular weight is 264 g/mol. The Bertz CT molecular complexity index is 295. The summed E-state index contributed by atoms with van der Waals surface area (Å²) >= 11 is 2.29. The molecule has 2 aliphatic rings. The number of nitrogens with zero attached hydrogens (tertiary/aromatic N) is 2. The number of ether oxygens (including phenoxy) is 1. The first-order valence-corrected chi connectivity index (χ1v) is 6.89. The molecule has 0 saturated carbocycles.